The molecular weight excluding hydrogens is 757 g/mol. The molecule has 3 aromatic heterocycles. The number of furan rings is 1. The van der Waals surface area contributed by atoms with Crippen LogP contribution in [0.1, 0.15) is 0 Å². The van der Waals surface area contributed by atoms with Crippen LogP contribution in [0.2, 0.25) is 0 Å². The molecule has 5 heteroatoms. The average molecular weight is 793 g/mol. The summed E-state index contributed by atoms with van der Waals surface area (Å²) in [6, 6.07) is 76.3. The van der Waals surface area contributed by atoms with Crippen molar-refractivity contribution in [1.82, 2.24) is 19.5 Å². The molecule has 0 unspecified atom stereocenters. The van der Waals surface area contributed by atoms with E-state index in [-0.39, 0.29) is 0 Å². The number of nitrogens with zero attached hydrogens (tertiary/aromatic N) is 4. The van der Waals surface area contributed by atoms with Crippen molar-refractivity contribution in [3.63, 3.8) is 0 Å². The van der Waals surface area contributed by atoms with E-state index in [9.17, 15) is 0 Å². The van der Waals surface area contributed by atoms with Crippen molar-refractivity contribution in [2.24, 2.45) is 0 Å². The van der Waals surface area contributed by atoms with Crippen molar-refractivity contribution in [3.8, 4) is 73.2 Å². The molecule has 0 radical (unpaired) electrons. The van der Waals surface area contributed by atoms with Crippen molar-refractivity contribution in [2.75, 3.05) is 0 Å². The smallest absolute Gasteiger partial charge is 0.164 e. The van der Waals surface area contributed by atoms with Gasteiger partial charge in [0.15, 0.2) is 17.5 Å². The fourth-order valence-electron chi connectivity index (χ4n) is 8.86. The van der Waals surface area contributed by atoms with Gasteiger partial charge in [0, 0.05) is 50.0 Å². The van der Waals surface area contributed by atoms with Gasteiger partial charge in [-0.05, 0) is 81.9 Å². The molecule has 0 saturated heterocycles. The lowest BCUT2D eigenvalue weighted by atomic mass is 9.92. The fraction of sp³-hybridized carbons (Fsp3) is 0. The Morgan fingerprint density at radius 1 is 0.290 bits per heavy atom. The first-order chi connectivity index (χ1) is 30.7. The summed E-state index contributed by atoms with van der Waals surface area (Å²) in [5.74, 6) is 1.83. The lowest BCUT2D eigenvalue weighted by molar-refractivity contribution is 0.669. The van der Waals surface area contributed by atoms with E-state index in [0.717, 1.165) is 83.2 Å². The van der Waals surface area contributed by atoms with Gasteiger partial charge in [0.05, 0.1) is 11.0 Å². The summed E-state index contributed by atoms with van der Waals surface area (Å²) in [5, 5.41) is 4.50. The summed E-state index contributed by atoms with van der Waals surface area (Å²) < 4.78 is 8.99. The quantitative estimate of drug-likeness (QED) is 0.161. The Morgan fingerprint density at radius 3 is 1.55 bits per heavy atom. The SMILES string of the molecule is c1ccc(-c2cccc(-c3ccc(-c4ccc5oc6cc7c(cc6c5c4)c4ccccc4n7-c4ccccc4)c(-c4nc(-c5ccccc5)nc(-c5ccccc5)n4)c3)c2)cc1. The molecule has 12 aromatic rings. The Morgan fingerprint density at radius 2 is 0.839 bits per heavy atom. The number of hydrogen-bond acceptors (Lipinski definition) is 4. The Labute approximate surface area is 357 Å². The number of aromatic nitrogens is 4. The largest absolute Gasteiger partial charge is 0.456 e. The zero-order valence-corrected chi connectivity index (χ0v) is 33.5. The number of fused-ring (bicyclic) bond motifs is 6. The van der Waals surface area contributed by atoms with E-state index in [1.54, 1.807) is 0 Å². The summed E-state index contributed by atoms with van der Waals surface area (Å²) in [4.78, 5) is 15.5. The van der Waals surface area contributed by atoms with Crippen molar-refractivity contribution in [2.45, 2.75) is 0 Å². The maximum Gasteiger partial charge on any atom is 0.164 e. The van der Waals surface area contributed by atoms with Gasteiger partial charge in [-0.25, -0.2) is 15.0 Å². The van der Waals surface area contributed by atoms with Crippen LogP contribution in [0.25, 0.3) is 117 Å². The molecule has 0 aliphatic carbocycles. The highest BCUT2D eigenvalue weighted by atomic mass is 16.3. The number of para-hydroxylation sites is 2. The van der Waals surface area contributed by atoms with Crippen LogP contribution in [-0.2, 0) is 0 Å². The zero-order valence-electron chi connectivity index (χ0n) is 33.5. The molecule has 5 nitrogen and oxygen atoms in total. The Kier molecular flexibility index (Phi) is 8.42. The second-order valence-corrected chi connectivity index (χ2v) is 15.6. The first-order valence-corrected chi connectivity index (χ1v) is 20.8. The lowest BCUT2D eigenvalue weighted by Crippen LogP contribution is -2.01. The minimum atomic E-state index is 0.598. The minimum absolute atomic E-state index is 0.598. The number of hydrogen-bond donors (Lipinski definition) is 0. The topological polar surface area (TPSA) is 56.7 Å². The van der Waals surface area contributed by atoms with Crippen LogP contribution < -0.4 is 0 Å². The maximum absolute atomic E-state index is 6.66. The molecule has 62 heavy (non-hydrogen) atoms. The standard InChI is InChI=1S/C57H36N4O/c1-5-16-37(17-6-1)40-22-15-23-41(32-40)42-28-30-45(50(33-42)57-59-55(38-18-7-2-8-19-38)58-56(60-57)39-20-9-3-10-21-39)43-29-31-53-48(34-43)49-35-47-46-26-13-14-27-51(46)61(44-24-11-4-12-25-44)52(47)36-54(49)62-53/h1-36H. The second kappa shape index (κ2) is 14.7. The van der Waals surface area contributed by atoms with Crippen LogP contribution in [0.5, 0.6) is 0 Å². The summed E-state index contributed by atoms with van der Waals surface area (Å²) in [6.07, 6.45) is 0. The van der Waals surface area contributed by atoms with E-state index >= 15 is 0 Å². The highest BCUT2D eigenvalue weighted by Gasteiger charge is 2.20. The predicted octanol–water partition coefficient (Wildman–Crippen LogP) is 14.9. The van der Waals surface area contributed by atoms with Crippen LogP contribution in [-0.4, -0.2) is 19.5 Å². The average Bonchev–Trinajstić information content (AvgIpc) is 3.88. The van der Waals surface area contributed by atoms with Gasteiger partial charge in [-0.3, -0.25) is 0 Å². The molecule has 0 amide bonds. The summed E-state index contributed by atoms with van der Waals surface area (Å²) in [5.41, 5.74) is 14.4. The molecule has 0 N–H and O–H groups in total. The molecule has 0 fully saturated rings. The van der Waals surface area contributed by atoms with Gasteiger partial charge >= 0.3 is 0 Å². The molecule has 0 spiro atoms. The van der Waals surface area contributed by atoms with Crippen molar-refractivity contribution in [3.05, 3.63) is 218 Å². The maximum atomic E-state index is 6.66. The van der Waals surface area contributed by atoms with Crippen LogP contribution in [0, 0.1) is 0 Å². The van der Waals surface area contributed by atoms with Gasteiger partial charge < -0.3 is 8.98 Å². The van der Waals surface area contributed by atoms with Gasteiger partial charge in [-0.15, -0.1) is 0 Å². The third-order valence-electron chi connectivity index (χ3n) is 11.9. The van der Waals surface area contributed by atoms with E-state index in [2.05, 4.69) is 162 Å². The van der Waals surface area contributed by atoms with Gasteiger partial charge in [0.1, 0.15) is 11.2 Å². The molecule has 3 heterocycles. The molecule has 0 bridgehead atoms. The first kappa shape index (κ1) is 35.5. The lowest BCUT2D eigenvalue weighted by Gasteiger charge is -2.15. The molecule has 12 rings (SSSR count). The minimum Gasteiger partial charge on any atom is -0.456 e. The van der Waals surface area contributed by atoms with Crippen LogP contribution >= 0.6 is 0 Å². The molecule has 290 valence electrons. The molecule has 0 aliphatic heterocycles. The summed E-state index contributed by atoms with van der Waals surface area (Å²) >= 11 is 0. The van der Waals surface area contributed by atoms with E-state index in [0.29, 0.717) is 17.5 Å². The molecule has 0 atom stereocenters. The van der Waals surface area contributed by atoms with E-state index in [1.165, 1.54) is 16.3 Å². The fourth-order valence-corrected chi connectivity index (χ4v) is 8.86. The number of benzene rings is 9. The number of rotatable bonds is 7. The molecular formula is C57H36N4O. The summed E-state index contributed by atoms with van der Waals surface area (Å²) in [7, 11) is 0. The van der Waals surface area contributed by atoms with Crippen molar-refractivity contribution < 1.29 is 4.42 Å². The first-order valence-electron chi connectivity index (χ1n) is 20.8. The van der Waals surface area contributed by atoms with Gasteiger partial charge in [0.2, 0.25) is 0 Å². The zero-order chi connectivity index (χ0) is 41.0. The van der Waals surface area contributed by atoms with Gasteiger partial charge in [-0.2, -0.15) is 0 Å². The van der Waals surface area contributed by atoms with E-state index in [4.69, 9.17) is 19.4 Å². The van der Waals surface area contributed by atoms with Crippen LogP contribution in [0.3, 0.4) is 0 Å². The highest BCUT2D eigenvalue weighted by Crippen LogP contribution is 2.42. The highest BCUT2D eigenvalue weighted by molar-refractivity contribution is 6.17. The molecule has 0 aliphatic rings. The Hall–Kier alpha value is -8.41. The third kappa shape index (κ3) is 6.14. The van der Waals surface area contributed by atoms with Crippen LogP contribution in [0.4, 0.5) is 0 Å². The van der Waals surface area contributed by atoms with Gasteiger partial charge in [0.25, 0.3) is 0 Å². The monoisotopic (exact) mass is 792 g/mol. The summed E-state index contributed by atoms with van der Waals surface area (Å²) in [6.45, 7) is 0. The van der Waals surface area contributed by atoms with Crippen molar-refractivity contribution >= 4 is 43.7 Å². The van der Waals surface area contributed by atoms with Gasteiger partial charge in [-0.1, -0.05) is 164 Å². The Balaban J connectivity index is 1.08. The molecule has 9 aromatic carbocycles. The third-order valence-corrected chi connectivity index (χ3v) is 11.9. The van der Waals surface area contributed by atoms with Crippen molar-refractivity contribution in [1.29, 1.82) is 0 Å². The second-order valence-electron chi connectivity index (χ2n) is 15.6. The normalized spacial score (nSPS) is 11.5. The predicted molar refractivity (Wildman–Crippen MR) is 254 cm³/mol. The van der Waals surface area contributed by atoms with E-state index in [1.807, 2.05) is 60.7 Å². The molecule has 0 saturated carbocycles. The Bertz CT molecular complexity index is 3560. The van der Waals surface area contributed by atoms with E-state index < -0.39 is 0 Å². The van der Waals surface area contributed by atoms with Crippen LogP contribution in [0.15, 0.2) is 223 Å².